The molecule has 118 valence electrons. The summed E-state index contributed by atoms with van der Waals surface area (Å²) in [4.78, 5) is 0. The quantitative estimate of drug-likeness (QED) is 0.670. The number of aliphatic hydroxyl groups is 2. The summed E-state index contributed by atoms with van der Waals surface area (Å²) >= 11 is 0. The molecule has 3 saturated carbocycles. The second-order valence-corrected chi connectivity index (χ2v) is 8.82. The lowest BCUT2D eigenvalue weighted by molar-refractivity contribution is -0.0994. The first-order valence-corrected chi connectivity index (χ1v) is 9.00. The van der Waals surface area contributed by atoms with Crippen LogP contribution in [0.15, 0.2) is 12.2 Å². The summed E-state index contributed by atoms with van der Waals surface area (Å²) in [5.41, 5.74) is 0.472. The van der Waals surface area contributed by atoms with Crippen LogP contribution in [0, 0.1) is 34.5 Å². The molecule has 0 heterocycles. The Labute approximate surface area is 128 Å². The largest absolute Gasteiger partial charge is 0.393 e. The predicted molar refractivity (Wildman–Crippen MR) is 83.6 cm³/mol. The second kappa shape index (κ2) is 4.58. The second-order valence-electron chi connectivity index (χ2n) is 8.82. The fourth-order valence-electron chi connectivity index (χ4n) is 6.76. The molecule has 0 aromatic rings. The van der Waals surface area contributed by atoms with Crippen LogP contribution in [0.25, 0.3) is 0 Å². The minimum absolute atomic E-state index is 0.0716. The molecule has 4 aliphatic carbocycles. The maximum atomic E-state index is 10.5. The smallest absolute Gasteiger partial charge is 0.0724 e. The van der Waals surface area contributed by atoms with Crippen molar-refractivity contribution in [3.8, 4) is 0 Å². The van der Waals surface area contributed by atoms with Crippen LogP contribution in [-0.2, 0) is 0 Å². The fourth-order valence-corrected chi connectivity index (χ4v) is 6.76. The standard InChI is InChI=1S/C19H30O2/c1-18-9-7-13(20)11-12(18)3-4-14-15-5-6-17(21)19(15,2)10-8-16(14)18/h7,9,12-17,20-21H,3-6,8,10-11H2,1-2H3/t12-,13-,14-,15-,16+,17-,18-,19-/m0/s1. The normalized spacial score (nSPS) is 59.2. The van der Waals surface area contributed by atoms with Gasteiger partial charge in [-0.2, -0.15) is 0 Å². The van der Waals surface area contributed by atoms with E-state index in [9.17, 15) is 10.2 Å². The third-order valence-electron chi connectivity index (χ3n) is 8.12. The van der Waals surface area contributed by atoms with Crippen molar-refractivity contribution in [1.29, 1.82) is 0 Å². The predicted octanol–water partition coefficient (Wildman–Crippen LogP) is 3.53. The minimum atomic E-state index is -0.221. The van der Waals surface area contributed by atoms with E-state index < -0.39 is 0 Å². The van der Waals surface area contributed by atoms with E-state index in [4.69, 9.17) is 0 Å². The van der Waals surface area contributed by atoms with E-state index in [1.807, 2.05) is 0 Å². The Morgan fingerprint density at radius 3 is 2.57 bits per heavy atom. The van der Waals surface area contributed by atoms with Crippen LogP contribution in [0.4, 0.5) is 0 Å². The molecule has 4 rings (SSSR count). The van der Waals surface area contributed by atoms with E-state index in [1.165, 1.54) is 32.1 Å². The first kappa shape index (κ1) is 14.3. The molecule has 0 amide bonds. The molecule has 0 unspecified atom stereocenters. The van der Waals surface area contributed by atoms with Crippen LogP contribution < -0.4 is 0 Å². The number of rotatable bonds is 0. The summed E-state index contributed by atoms with van der Waals surface area (Å²) in [6.07, 6.45) is 12.4. The number of aliphatic hydroxyl groups excluding tert-OH is 2. The highest BCUT2D eigenvalue weighted by Crippen LogP contribution is 2.65. The molecule has 8 atom stereocenters. The van der Waals surface area contributed by atoms with Crippen molar-refractivity contribution in [1.82, 2.24) is 0 Å². The average molecular weight is 290 g/mol. The zero-order valence-electron chi connectivity index (χ0n) is 13.5. The highest BCUT2D eigenvalue weighted by Gasteiger charge is 2.59. The summed E-state index contributed by atoms with van der Waals surface area (Å²) in [5, 5.41) is 20.4. The highest BCUT2D eigenvalue weighted by atomic mass is 16.3. The SMILES string of the molecule is C[C@]12C=C[C@H](O)C[C@@H]1CC[C@@H]1[C@H]2CC[C@]2(C)[C@@H](O)CC[C@@H]12. The van der Waals surface area contributed by atoms with Gasteiger partial charge in [-0.25, -0.2) is 0 Å². The van der Waals surface area contributed by atoms with Gasteiger partial charge in [0, 0.05) is 0 Å². The van der Waals surface area contributed by atoms with Crippen molar-refractivity contribution in [2.45, 2.75) is 71.0 Å². The maximum absolute atomic E-state index is 10.5. The lowest BCUT2D eigenvalue weighted by Gasteiger charge is -2.59. The van der Waals surface area contributed by atoms with Gasteiger partial charge in [0.25, 0.3) is 0 Å². The highest BCUT2D eigenvalue weighted by molar-refractivity contribution is 5.17. The Kier molecular flexibility index (Phi) is 3.11. The summed E-state index contributed by atoms with van der Waals surface area (Å²) in [7, 11) is 0. The molecule has 2 nitrogen and oxygen atoms in total. The molecule has 2 heteroatoms. The van der Waals surface area contributed by atoms with Crippen molar-refractivity contribution in [3.63, 3.8) is 0 Å². The van der Waals surface area contributed by atoms with Crippen LogP contribution in [0.5, 0.6) is 0 Å². The molecule has 21 heavy (non-hydrogen) atoms. The third kappa shape index (κ3) is 1.84. The van der Waals surface area contributed by atoms with E-state index in [-0.39, 0.29) is 23.0 Å². The van der Waals surface area contributed by atoms with Crippen LogP contribution >= 0.6 is 0 Å². The van der Waals surface area contributed by atoms with E-state index >= 15 is 0 Å². The zero-order chi connectivity index (χ0) is 14.8. The Balaban J connectivity index is 1.67. The van der Waals surface area contributed by atoms with Gasteiger partial charge in [0.1, 0.15) is 0 Å². The summed E-state index contributed by atoms with van der Waals surface area (Å²) < 4.78 is 0. The Morgan fingerprint density at radius 2 is 1.76 bits per heavy atom. The first-order valence-electron chi connectivity index (χ1n) is 9.00. The fraction of sp³-hybridized carbons (Fsp3) is 0.895. The molecule has 0 spiro atoms. The molecular weight excluding hydrogens is 260 g/mol. The molecular formula is C19H30O2. The van der Waals surface area contributed by atoms with Crippen molar-refractivity contribution < 1.29 is 10.2 Å². The van der Waals surface area contributed by atoms with E-state index in [2.05, 4.69) is 26.0 Å². The van der Waals surface area contributed by atoms with Gasteiger partial charge in [0.05, 0.1) is 12.2 Å². The Morgan fingerprint density at radius 1 is 0.952 bits per heavy atom. The van der Waals surface area contributed by atoms with Gasteiger partial charge in [0.15, 0.2) is 0 Å². The zero-order valence-corrected chi connectivity index (χ0v) is 13.5. The van der Waals surface area contributed by atoms with Gasteiger partial charge < -0.3 is 10.2 Å². The van der Waals surface area contributed by atoms with Gasteiger partial charge in [-0.1, -0.05) is 26.0 Å². The van der Waals surface area contributed by atoms with E-state index in [0.29, 0.717) is 5.92 Å². The van der Waals surface area contributed by atoms with E-state index in [1.54, 1.807) is 0 Å². The van der Waals surface area contributed by atoms with Gasteiger partial charge in [-0.15, -0.1) is 0 Å². The average Bonchev–Trinajstić information content (AvgIpc) is 2.76. The molecule has 0 radical (unpaired) electrons. The first-order chi connectivity index (χ1) is 9.95. The number of fused-ring (bicyclic) bond motifs is 5. The van der Waals surface area contributed by atoms with Gasteiger partial charge in [-0.3, -0.25) is 0 Å². The molecule has 0 bridgehead atoms. The monoisotopic (exact) mass is 290 g/mol. The number of hydrogen-bond donors (Lipinski definition) is 2. The molecule has 4 aliphatic rings. The van der Waals surface area contributed by atoms with Crippen molar-refractivity contribution in [2.24, 2.45) is 34.5 Å². The van der Waals surface area contributed by atoms with Crippen LogP contribution in [0.1, 0.15) is 58.8 Å². The lowest BCUT2D eigenvalue weighted by Crippen LogP contribution is -2.53. The third-order valence-corrected chi connectivity index (χ3v) is 8.12. The van der Waals surface area contributed by atoms with Crippen LogP contribution in [0.3, 0.4) is 0 Å². The Hall–Kier alpha value is -0.340. The summed E-state index contributed by atoms with van der Waals surface area (Å²) in [6.45, 7) is 4.80. The van der Waals surface area contributed by atoms with Crippen molar-refractivity contribution in [3.05, 3.63) is 12.2 Å². The summed E-state index contributed by atoms with van der Waals surface area (Å²) in [5.74, 6) is 2.95. The van der Waals surface area contributed by atoms with Crippen LogP contribution in [-0.4, -0.2) is 22.4 Å². The number of hydrogen-bond acceptors (Lipinski definition) is 2. The molecule has 3 fully saturated rings. The summed E-state index contributed by atoms with van der Waals surface area (Å²) in [6, 6.07) is 0. The molecule has 0 aromatic carbocycles. The topological polar surface area (TPSA) is 40.5 Å². The van der Waals surface area contributed by atoms with Gasteiger partial charge in [-0.05, 0) is 79.4 Å². The maximum Gasteiger partial charge on any atom is 0.0724 e. The van der Waals surface area contributed by atoms with Gasteiger partial charge in [0.2, 0.25) is 0 Å². The van der Waals surface area contributed by atoms with E-state index in [0.717, 1.165) is 30.6 Å². The van der Waals surface area contributed by atoms with Crippen molar-refractivity contribution in [2.75, 3.05) is 0 Å². The lowest BCUT2D eigenvalue weighted by atomic mass is 9.46. The van der Waals surface area contributed by atoms with Crippen LogP contribution in [0.2, 0.25) is 0 Å². The van der Waals surface area contributed by atoms with Gasteiger partial charge >= 0.3 is 0 Å². The molecule has 0 aromatic heterocycles. The molecule has 2 N–H and O–H groups in total. The molecule has 0 saturated heterocycles. The minimum Gasteiger partial charge on any atom is -0.393 e. The Bertz CT molecular complexity index is 458. The molecule has 0 aliphatic heterocycles. The number of allylic oxidation sites excluding steroid dienone is 1. The van der Waals surface area contributed by atoms with Crippen molar-refractivity contribution >= 4 is 0 Å².